The van der Waals surface area contributed by atoms with E-state index in [1.807, 2.05) is 13.8 Å². The van der Waals surface area contributed by atoms with Gasteiger partial charge < -0.3 is 23.7 Å². The highest BCUT2D eigenvalue weighted by molar-refractivity contribution is 6.48. The van der Waals surface area contributed by atoms with Crippen LogP contribution in [0.4, 0.5) is 4.39 Å². The van der Waals surface area contributed by atoms with Crippen LogP contribution >= 0.6 is 11.6 Å². The molecule has 0 aliphatic carbocycles. The van der Waals surface area contributed by atoms with Crippen molar-refractivity contribution in [1.82, 2.24) is 0 Å². The summed E-state index contributed by atoms with van der Waals surface area (Å²) in [5, 5.41) is 11.6. The molecule has 0 spiro atoms. The summed E-state index contributed by atoms with van der Waals surface area (Å²) in [5.74, 6) is -0.948. The summed E-state index contributed by atoms with van der Waals surface area (Å²) in [6.07, 6.45) is 1.25. The Labute approximate surface area is 256 Å². The summed E-state index contributed by atoms with van der Waals surface area (Å²) in [6.45, 7) is 16.3. The number of halogens is 2. The summed E-state index contributed by atoms with van der Waals surface area (Å²) >= 11 is 6.00. The largest absolute Gasteiger partial charge is 0.506 e. The molecule has 0 amide bonds. The van der Waals surface area contributed by atoms with Crippen LogP contribution in [-0.2, 0) is 20.4 Å². The van der Waals surface area contributed by atoms with Gasteiger partial charge in [0.1, 0.15) is 28.6 Å². The first-order valence-corrected chi connectivity index (χ1v) is 16.7. The third-order valence-corrected chi connectivity index (χ3v) is 7.62. The van der Waals surface area contributed by atoms with Crippen LogP contribution in [0.5, 0.6) is 11.5 Å². The van der Waals surface area contributed by atoms with Crippen molar-refractivity contribution in [2.45, 2.75) is 73.2 Å². The molecule has 7 nitrogen and oxygen atoms in total. The molecule has 1 N–H and O–H groups in total. The molecule has 10 heteroatoms. The van der Waals surface area contributed by atoms with E-state index in [-0.39, 0.29) is 58.4 Å². The van der Waals surface area contributed by atoms with E-state index in [0.717, 1.165) is 0 Å². The van der Waals surface area contributed by atoms with Gasteiger partial charge in [-0.3, -0.25) is 4.99 Å². The molecule has 0 saturated heterocycles. The van der Waals surface area contributed by atoms with Crippen LogP contribution in [0, 0.1) is 17.2 Å². The second-order valence-corrected chi connectivity index (χ2v) is 14.0. The molecule has 2 aromatic carbocycles. The smallest absolute Gasteiger partial charge is 0.343 e. The number of benzene rings is 2. The first-order valence-electron chi connectivity index (χ1n) is 13.9. The number of aliphatic hydroxyl groups excluding tert-OH is 1. The monoisotopic (exact) mass is 620 g/mol. The van der Waals surface area contributed by atoms with Gasteiger partial charge in [0.15, 0.2) is 0 Å². The molecule has 0 aliphatic heterocycles. The Morgan fingerprint density at radius 2 is 1.76 bits per heavy atom. The molecule has 1 radical (unpaired) electrons. The number of esters is 1. The summed E-state index contributed by atoms with van der Waals surface area (Å²) in [6, 6.07) is 7.63. The van der Waals surface area contributed by atoms with Gasteiger partial charge in [0.25, 0.3) is 0 Å². The van der Waals surface area contributed by atoms with Gasteiger partial charge in [0, 0.05) is 18.7 Å². The molecule has 2 rings (SSSR count). The fourth-order valence-electron chi connectivity index (χ4n) is 4.52. The summed E-state index contributed by atoms with van der Waals surface area (Å²) < 4.78 is 37.6. The molecule has 0 aliphatic rings. The lowest BCUT2D eigenvalue weighted by molar-refractivity contribution is -0.137. The number of aliphatic imine (C=N–C) groups is 1. The third-order valence-electron chi connectivity index (χ3n) is 6.61. The average molecular weight is 621 g/mol. The normalized spacial score (nSPS) is 14.2. The maximum atomic E-state index is 14.8. The van der Waals surface area contributed by atoms with E-state index in [2.05, 4.69) is 33.9 Å². The highest BCUT2D eigenvalue weighted by Gasteiger charge is 2.35. The Morgan fingerprint density at radius 3 is 2.29 bits per heavy atom. The molecule has 0 aromatic heterocycles. The number of carbonyl (C=O) groups excluding carboxylic acids is 1. The van der Waals surface area contributed by atoms with Crippen molar-refractivity contribution in [2.24, 2.45) is 16.3 Å². The fourth-order valence-corrected chi connectivity index (χ4v) is 5.71. The summed E-state index contributed by atoms with van der Waals surface area (Å²) in [5.41, 5.74) is 0.712. The number of hydrogen-bond acceptors (Lipinski definition) is 7. The van der Waals surface area contributed by atoms with Crippen LogP contribution in [0.3, 0.4) is 0 Å². The number of carbonyl (C=O) groups is 1. The molecule has 231 valence electrons. The van der Waals surface area contributed by atoms with Crippen molar-refractivity contribution in [2.75, 3.05) is 20.8 Å². The van der Waals surface area contributed by atoms with Crippen LogP contribution in [0.1, 0.15) is 58.2 Å². The second-order valence-electron chi connectivity index (χ2n) is 11.6. The van der Waals surface area contributed by atoms with Crippen LogP contribution in [-0.4, -0.2) is 59.3 Å². The first-order chi connectivity index (χ1) is 19.7. The van der Waals surface area contributed by atoms with Crippen molar-refractivity contribution in [1.29, 1.82) is 0 Å². The number of aliphatic hydroxyl groups is 1. The van der Waals surface area contributed by atoms with Gasteiger partial charge in [0.05, 0.1) is 43.6 Å². The number of ether oxygens (including phenoxy) is 3. The zero-order valence-electron chi connectivity index (χ0n) is 26.3. The van der Waals surface area contributed by atoms with Gasteiger partial charge in [-0.1, -0.05) is 58.4 Å². The molecule has 0 bridgehead atoms. The van der Waals surface area contributed by atoms with Gasteiger partial charge in [-0.15, -0.1) is 0 Å². The molecule has 1 unspecified atom stereocenters. The van der Waals surface area contributed by atoms with Gasteiger partial charge >= 0.3 is 5.97 Å². The number of methoxy groups -OCH3 is 2. The summed E-state index contributed by atoms with van der Waals surface area (Å²) in [7, 11) is 1.87. The van der Waals surface area contributed by atoms with Crippen molar-refractivity contribution < 1.29 is 32.9 Å². The molecule has 0 fully saturated rings. The third kappa shape index (κ3) is 9.06. The van der Waals surface area contributed by atoms with Crippen LogP contribution in [0.15, 0.2) is 40.9 Å². The zero-order valence-corrected chi connectivity index (χ0v) is 28.1. The van der Waals surface area contributed by atoms with E-state index >= 15 is 0 Å². The minimum atomic E-state index is -1.06. The SMILES string of the molecule is CCOC(=O)/C(C=N[C@@H](C(C)C)C(O[Si](C)C)C(C)(C)C)=C(/O)c1cc(Cc2cccc(Cl)c2F)c(OC)cc1OC. The molecule has 0 saturated carbocycles. The summed E-state index contributed by atoms with van der Waals surface area (Å²) in [4.78, 5) is 18.0. The quantitative estimate of drug-likeness (QED) is 0.0812. The molecular formula is C32H44ClFNO6Si. The van der Waals surface area contributed by atoms with E-state index in [4.69, 9.17) is 35.2 Å². The van der Waals surface area contributed by atoms with Gasteiger partial charge in [0.2, 0.25) is 9.04 Å². The Hall–Kier alpha value is -2.88. The van der Waals surface area contributed by atoms with E-state index in [1.54, 1.807) is 31.2 Å². The highest BCUT2D eigenvalue weighted by atomic mass is 35.5. The molecule has 42 heavy (non-hydrogen) atoms. The van der Waals surface area contributed by atoms with Crippen molar-refractivity contribution in [3.8, 4) is 11.5 Å². The first kappa shape index (κ1) is 35.3. The van der Waals surface area contributed by atoms with Gasteiger partial charge in [-0.05, 0) is 54.6 Å². The lowest BCUT2D eigenvalue weighted by Crippen LogP contribution is -2.44. The molecule has 0 heterocycles. The predicted molar refractivity (Wildman–Crippen MR) is 169 cm³/mol. The lowest BCUT2D eigenvalue weighted by atomic mass is 9.81. The van der Waals surface area contributed by atoms with E-state index in [1.165, 1.54) is 26.5 Å². The van der Waals surface area contributed by atoms with Crippen LogP contribution in [0.2, 0.25) is 18.1 Å². The average Bonchev–Trinajstić information content (AvgIpc) is 2.91. The maximum absolute atomic E-state index is 14.8. The molecule has 2 atom stereocenters. The van der Waals surface area contributed by atoms with Crippen LogP contribution in [0.25, 0.3) is 5.76 Å². The van der Waals surface area contributed by atoms with Crippen molar-refractivity contribution >= 4 is 38.6 Å². The number of rotatable bonds is 13. The van der Waals surface area contributed by atoms with Gasteiger partial charge in [-0.2, -0.15) is 0 Å². The number of hydrogen-bond donors (Lipinski definition) is 1. The Bertz CT molecular complexity index is 1290. The highest BCUT2D eigenvalue weighted by Crippen LogP contribution is 2.36. The van der Waals surface area contributed by atoms with Gasteiger partial charge in [-0.25, -0.2) is 9.18 Å². The topological polar surface area (TPSA) is 86.6 Å². The Balaban J connectivity index is 2.76. The second kappa shape index (κ2) is 15.5. The zero-order chi connectivity index (χ0) is 31.8. The van der Waals surface area contributed by atoms with Crippen LogP contribution < -0.4 is 9.47 Å². The number of nitrogens with zero attached hydrogens (tertiary/aromatic N) is 1. The molecular weight excluding hydrogens is 577 g/mol. The maximum Gasteiger partial charge on any atom is 0.343 e. The lowest BCUT2D eigenvalue weighted by Gasteiger charge is -2.38. The Kier molecular flexibility index (Phi) is 13.1. The van der Waals surface area contributed by atoms with E-state index in [0.29, 0.717) is 16.9 Å². The standard InChI is InChI=1S/C32H44ClFNO6Si/c1-11-40-31(37)23(18-35-28(19(2)3)30(32(4,5)6)41-42(9)10)29(36)22-16-21(25(38-7)17-26(22)39-8)15-20-13-12-14-24(33)27(20)34/h12-14,16-19,28,30,36H,11,15H2,1-10H3/b29-23+,35-18?/t28-,30?/m0/s1. The van der Waals surface area contributed by atoms with Crippen molar-refractivity contribution in [3.05, 3.63) is 63.4 Å². The minimum Gasteiger partial charge on any atom is -0.506 e. The van der Waals surface area contributed by atoms with E-state index in [9.17, 15) is 14.3 Å². The van der Waals surface area contributed by atoms with E-state index < -0.39 is 26.6 Å². The Morgan fingerprint density at radius 1 is 1.12 bits per heavy atom. The molecule has 2 aromatic rings. The minimum absolute atomic E-state index is 0.000392. The van der Waals surface area contributed by atoms with Crippen molar-refractivity contribution in [3.63, 3.8) is 0 Å². The fraction of sp³-hybridized carbons (Fsp3) is 0.500. The predicted octanol–water partition coefficient (Wildman–Crippen LogP) is 7.70.